The predicted octanol–water partition coefficient (Wildman–Crippen LogP) is 4.91. The van der Waals surface area contributed by atoms with Crippen LogP contribution in [0.5, 0.6) is 0 Å². The molecule has 3 rings (SSSR count). The Kier molecular flexibility index (Phi) is 5.04. The molecule has 25 heavy (non-hydrogen) atoms. The average molecular weight is 325 g/mol. The Morgan fingerprint density at radius 3 is 1.92 bits per heavy atom. The molecule has 0 bridgehead atoms. The molecule has 0 fully saturated rings. The van der Waals surface area contributed by atoms with E-state index in [0.29, 0.717) is 16.9 Å². The molecule has 3 aromatic rings. The quantitative estimate of drug-likeness (QED) is 0.389. The number of rotatable bonds is 4. The SMILES string of the molecule is N#Cc1ccc(C=C(OC(=O)c2ccccc2)c2ccccc2)cc1. The summed E-state index contributed by atoms with van der Waals surface area (Å²) in [5.74, 6) is 0.0449. The van der Waals surface area contributed by atoms with E-state index in [4.69, 9.17) is 10.00 Å². The molecule has 0 aliphatic carbocycles. The number of ether oxygens (including phenoxy) is 1. The van der Waals surface area contributed by atoms with E-state index in [1.807, 2.05) is 48.5 Å². The topological polar surface area (TPSA) is 50.1 Å². The third-order valence-corrected chi connectivity index (χ3v) is 3.61. The van der Waals surface area contributed by atoms with Crippen LogP contribution < -0.4 is 0 Å². The summed E-state index contributed by atoms with van der Waals surface area (Å²) < 4.78 is 5.64. The fourth-order valence-corrected chi connectivity index (χ4v) is 2.31. The van der Waals surface area contributed by atoms with Crippen molar-refractivity contribution in [2.45, 2.75) is 0 Å². The third-order valence-electron chi connectivity index (χ3n) is 3.61. The molecule has 0 aromatic heterocycles. The van der Waals surface area contributed by atoms with E-state index >= 15 is 0 Å². The summed E-state index contributed by atoms with van der Waals surface area (Å²) in [6.45, 7) is 0. The van der Waals surface area contributed by atoms with Crippen LogP contribution in [0.1, 0.15) is 27.0 Å². The van der Waals surface area contributed by atoms with Gasteiger partial charge >= 0.3 is 5.97 Å². The van der Waals surface area contributed by atoms with Crippen LogP contribution in [-0.4, -0.2) is 5.97 Å². The van der Waals surface area contributed by atoms with Crippen molar-refractivity contribution in [3.05, 3.63) is 107 Å². The molecule has 0 unspecified atom stereocenters. The van der Waals surface area contributed by atoms with Crippen molar-refractivity contribution in [2.24, 2.45) is 0 Å². The first kappa shape index (κ1) is 16.2. The molecule has 0 N–H and O–H groups in total. The molecule has 0 saturated heterocycles. The zero-order valence-corrected chi connectivity index (χ0v) is 13.4. The van der Waals surface area contributed by atoms with Gasteiger partial charge in [0.1, 0.15) is 5.76 Å². The van der Waals surface area contributed by atoms with Gasteiger partial charge in [-0.2, -0.15) is 5.26 Å². The van der Waals surface area contributed by atoms with E-state index < -0.39 is 5.97 Å². The first-order chi connectivity index (χ1) is 12.3. The molecule has 0 atom stereocenters. The lowest BCUT2D eigenvalue weighted by Crippen LogP contribution is -2.04. The minimum Gasteiger partial charge on any atom is -0.422 e. The average Bonchev–Trinajstić information content (AvgIpc) is 2.69. The fourth-order valence-electron chi connectivity index (χ4n) is 2.31. The predicted molar refractivity (Wildman–Crippen MR) is 97.3 cm³/mol. The van der Waals surface area contributed by atoms with Crippen LogP contribution in [0.4, 0.5) is 0 Å². The second-order valence-corrected chi connectivity index (χ2v) is 5.36. The maximum atomic E-state index is 12.4. The normalized spacial score (nSPS) is 10.8. The standard InChI is InChI=1S/C22H15NO2/c23-16-18-13-11-17(12-14-18)15-21(19-7-3-1-4-8-19)25-22(24)20-9-5-2-6-10-20/h1-15H. The lowest BCUT2D eigenvalue weighted by Gasteiger charge is -2.10. The maximum Gasteiger partial charge on any atom is 0.343 e. The maximum absolute atomic E-state index is 12.4. The smallest absolute Gasteiger partial charge is 0.343 e. The van der Waals surface area contributed by atoms with Gasteiger partial charge in [0.05, 0.1) is 17.2 Å². The van der Waals surface area contributed by atoms with Gasteiger partial charge in [-0.15, -0.1) is 0 Å². The summed E-state index contributed by atoms with van der Waals surface area (Å²) in [6, 6.07) is 27.5. The Labute approximate surface area is 146 Å². The summed E-state index contributed by atoms with van der Waals surface area (Å²) in [7, 11) is 0. The van der Waals surface area contributed by atoms with E-state index in [1.165, 1.54) is 0 Å². The molecule has 0 saturated carbocycles. The number of nitriles is 1. The van der Waals surface area contributed by atoms with Crippen LogP contribution in [0, 0.1) is 11.3 Å². The molecule has 0 aliphatic rings. The van der Waals surface area contributed by atoms with Crippen molar-refractivity contribution in [2.75, 3.05) is 0 Å². The van der Waals surface area contributed by atoms with Crippen LogP contribution in [-0.2, 0) is 4.74 Å². The number of esters is 1. The molecule has 3 aromatic carbocycles. The lowest BCUT2D eigenvalue weighted by atomic mass is 10.1. The van der Waals surface area contributed by atoms with Crippen LogP contribution in [0.2, 0.25) is 0 Å². The number of carbonyl (C=O) groups excluding carboxylic acids is 1. The molecule has 3 nitrogen and oxygen atoms in total. The van der Waals surface area contributed by atoms with Gasteiger partial charge < -0.3 is 4.74 Å². The minimum atomic E-state index is -0.413. The van der Waals surface area contributed by atoms with E-state index in [9.17, 15) is 4.79 Å². The first-order valence-electron chi connectivity index (χ1n) is 7.81. The van der Waals surface area contributed by atoms with Crippen LogP contribution in [0.15, 0.2) is 84.9 Å². The fraction of sp³-hybridized carbons (Fsp3) is 0. The summed E-state index contributed by atoms with van der Waals surface area (Å²) in [5.41, 5.74) is 2.72. The zero-order valence-electron chi connectivity index (χ0n) is 13.4. The van der Waals surface area contributed by atoms with Gasteiger partial charge in [0.25, 0.3) is 0 Å². The van der Waals surface area contributed by atoms with Gasteiger partial charge in [-0.3, -0.25) is 0 Å². The Morgan fingerprint density at radius 2 is 1.36 bits per heavy atom. The number of benzene rings is 3. The lowest BCUT2D eigenvalue weighted by molar-refractivity contribution is 0.0693. The molecule has 0 spiro atoms. The molecule has 120 valence electrons. The molecular weight excluding hydrogens is 310 g/mol. The highest BCUT2D eigenvalue weighted by molar-refractivity contribution is 5.95. The Morgan fingerprint density at radius 1 is 0.800 bits per heavy atom. The van der Waals surface area contributed by atoms with Gasteiger partial charge in [0.2, 0.25) is 0 Å². The number of hydrogen-bond donors (Lipinski definition) is 0. The highest BCUT2D eigenvalue weighted by atomic mass is 16.5. The Bertz CT molecular complexity index is 921. The number of hydrogen-bond acceptors (Lipinski definition) is 3. The monoisotopic (exact) mass is 325 g/mol. The van der Waals surface area contributed by atoms with Gasteiger partial charge in [0.15, 0.2) is 0 Å². The van der Waals surface area contributed by atoms with E-state index in [2.05, 4.69) is 6.07 Å². The third kappa shape index (κ3) is 4.21. The van der Waals surface area contributed by atoms with Crippen molar-refractivity contribution < 1.29 is 9.53 Å². The second kappa shape index (κ2) is 7.76. The minimum absolute atomic E-state index is 0.413. The molecule has 0 heterocycles. The van der Waals surface area contributed by atoms with Gasteiger partial charge in [0, 0.05) is 5.56 Å². The van der Waals surface area contributed by atoms with Gasteiger partial charge in [-0.1, -0.05) is 60.7 Å². The zero-order chi connectivity index (χ0) is 17.5. The summed E-state index contributed by atoms with van der Waals surface area (Å²) in [6.07, 6.45) is 1.79. The van der Waals surface area contributed by atoms with Crippen molar-refractivity contribution in [1.29, 1.82) is 5.26 Å². The largest absolute Gasteiger partial charge is 0.422 e. The Hall–Kier alpha value is -3.64. The molecule has 0 amide bonds. The van der Waals surface area contributed by atoms with Gasteiger partial charge in [-0.25, -0.2) is 4.79 Å². The summed E-state index contributed by atoms with van der Waals surface area (Å²) >= 11 is 0. The molecular formula is C22H15NO2. The highest BCUT2D eigenvalue weighted by Gasteiger charge is 2.11. The van der Waals surface area contributed by atoms with Crippen molar-refractivity contribution in [3.63, 3.8) is 0 Å². The Balaban J connectivity index is 1.94. The van der Waals surface area contributed by atoms with E-state index in [0.717, 1.165) is 11.1 Å². The summed E-state index contributed by atoms with van der Waals surface area (Å²) in [5, 5.41) is 8.90. The van der Waals surface area contributed by atoms with E-state index in [-0.39, 0.29) is 0 Å². The van der Waals surface area contributed by atoms with E-state index in [1.54, 1.807) is 42.5 Å². The highest BCUT2D eigenvalue weighted by Crippen LogP contribution is 2.21. The van der Waals surface area contributed by atoms with Crippen molar-refractivity contribution >= 4 is 17.8 Å². The number of carbonyl (C=O) groups is 1. The summed E-state index contributed by atoms with van der Waals surface area (Å²) in [4.78, 5) is 12.4. The van der Waals surface area contributed by atoms with Gasteiger partial charge in [-0.05, 0) is 35.9 Å². The van der Waals surface area contributed by atoms with Crippen molar-refractivity contribution in [3.8, 4) is 6.07 Å². The van der Waals surface area contributed by atoms with Crippen LogP contribution >= 0.6 is 0 Å². The molecule has 3 heteroatoms. The van der Waals surface area contributed by atoms with Crippen LogP contribution in [0.25, 0.3) is 11.8 Å². The van der Waals surface area contributed by atoms with Crippen LogP contribution in [0.3, 0.4) is 0 Å². The van der Waals surface area contributed by atoms with Crippen molar-refractivity contribution in [1.82, 2.24) is 0 Å². The molecule has 0 radical (unpaired) electrons. The second-order valence-electron chi connectivity index (χ2n) is 5.36. The number of nitrogens with zero attached hydrogens (tertiary/aromatic N) is 1. The first-order valence-corrected chi connectivity index (χ1v) is 7.81. The molecule has 0 aliphatic heterocycles.